The fourth-order valence-corrected chi connectivity index (χ4v) is 3.88. The van der Waals surface area contributed by atoms with Crippen LogP contribution in [0.25, 0.3) is 0 Å². The molecule has 0 saturated carbocycles. The first-order chi connectivity index (χ1) is 14.2. The summed E-state index contributed by atoms with van der Waals surface area (Å²) in [7, 11) is 0. The molecule has 0 bridgehead atoms. The van der Waals surface area contributed by atoms with Crippen LogP contribution in [0.15, 0.2) is 42.6 Å². The molecule has 29 heavy (non-hydrogen) atoms. The molecular formula is C22H28N6O. The Morgan fingerprint density at radius 2 is 2.00 bits per heavy atom. The van der Waals surface area contributed by atoms with Gasteiger partial charge < -0.3 is 9.88 Å². The Morgan fingerprint density at radius 3 is 2.79 bits per heavy atom. The fourth-order valence-electron chi connectivity index (χ4n) is 3.88. The first kappa shape index (κ1) is 19.4. The van der Waals surface area contributed by atoms with Crippen molar-refractivity contribution in [3.05, 3.63) is 65.5 Å². The Balaban J connectivity index is 1.28. The molecule has 1 N–H and O–H groups in total. The lowest BCUT2D eigenvalue weighted by Gasteiger charge is -2.16. The second-order valence-corrected chi connectivity index (χ2v) is 7.73. The van der Waals surface area contributed by atoms with Gasteiger partial charge in [0.05, 0.1) is 5.69 Å². The predicted molar refractivity (Wildman–Crippen MR) is 110 cm³/mol. The van der Waals surface area contributed by atoms with Crippen molar-refractivity contribution in [1.29, 1.82) is 0 Å². The highest BCUT2D eigenvalue weighted by atomic mass is 16.1. The fraction of sp³-hybridized carbons (Fsp3) is 0.455. The number of hydrogen-bond acceptors (Lipinski definition) is 4. The van der Waals surface area contributed by atoms with Gasteiger partial charge in [-0.05, 0) is 37.8 Å². The van der Waals surface area contributed by atoms with E-state index in [1.807, 2.05) is 29.9 Å². The Bertz CT molecular complexity index is 945. The third-order valence-electron chi connectivity index (χ3n) is 5.51. The van der Waals surface area contributed by atoms with E-state index in [0.717, 1.165) is 56.0 Å². The molecule has 2 aromatic heterocycles. The minimum atomic E-state index is 0.0881. The van der Waals surface area contributed by atoms with Crippen LogP contribution in [0.2, 0.25) is 0 Å². The number of carbonyl (C=O) groups excluding carboxylic acids is 1. The van der Waals surface area contributed by atoms with Gasteiger partial charge in [-0.1, -0.05) is 30.3 Å². The Morgan fingerprint density at radius 1 is 1.14 bits per heavy atom. The quantitative estimate of drug-likeness (QED) is 0.670. The third-order valence-corrected chi connectivity index (χ3v) is 5.51. The monoisotopic (exact) mass is 392 g/mol. The van der Waals surface area contributed by atoms with Crippen LogP contribution in [-0.4, -0.2) is 36.5 Å². The van der Waals surface area contributed by atoms with Gasteiger partial charge in [-0.3, -0.25) is 9.48 Å². The number of fused-ring (bicyclic) bond motifs is 1. The number of amides is 1. The highest BCUT2D eigenvalue weighted by Crippen LogP contribution is 2.17. The van der Waals surface area contributed by atoms with Gasteiger partial charge in [0.15, 0.2) is 0 Å². The maximum atomic E-state index is 12.4. The molecule has 3 aromatic rings. The summed E-state index contributed by atoms with van der Waals surface area (Å²) in [5.41, 5.74) is 2.29. The molecule has 0 radical (unpaired) electrons. The molecule has 1 aromatic carbocycles. The van der Waals surface area contributed by atoms with Crippen LogP contribution < -0.4 is 5.32 Å². The van der Waals surface area contributed by atoms with Crippen molar-refractivity contribution in [2.75, 3.05) is 0 Å². The van der Waals surface area contributed by atoms with Crippen LogP contribution in [0.3, 0.4) is 0 Å². The second kappa shape index (κ2) is 9.03. The van der Waals surface area contributed by atoms with Gasteiger partial charge in [0, 0.05) is 44.6 Å². The number of aryl methyl sites for hydroxylation is 5. The number of benzene rings is 1. The molecule has 1 atom stereocenters. The van der Waals surface area contributed by atoms with Crippen LogP contribution in [-0.2, 0) is 37.1 Å². The Labute approximate surface area is 171 Å². The van der Waals surface area contributed by atoms with Crippen molar-refractivity contribution in [3.8, 4) is 0 Å². The molecule has 152 valence electrons. The third kappa shape index (κ3) is 5.10. The zero-order chi connectivity index (χ0) is 20.1. The molecule has 0 aliphatic carbocycles. The summed E-state index contributed by atoms with van der Waals surface area (Å²) in [4.78, 5) is 12.4. The van der Waals surface area contributed by atoms with Crippen LogP contribution in [0.5, 0.6) is 0 Å². The number of hydrogen-bond donors (Lipinski definition) is 1. The molecule has 3 heterocycles. The summed E-state index contributed by atoms with van der Waals surface area (Å²) in [6.45, 7) is 3.42. The predicted octanol–water partition coefficient (Wildman–Crippen LogP) is 2.48. The van der Waals surface area contributed by atoms with E-state index in [2.05, 4.69) is 49.4 Å². The van der Waals surface area contributed by atoms with Gasteiger partial charge in [0.1, 0.15) is 11.6 Å². The number of carbonyl (C=O) groups is 1. The van der Waals surface area contributed by atoms with E-state index >= 15 is 0 Å². The van der Waals surface area contributed by atoms with Gasteiger partial charge >= 0.3 is 0 Å². The van der Waals surface area contributed by atoms with Gasteiger partial charge in [-0.15, -0.1) is 10.2 Å². The first-order valence-corrected chi connectivity index (χ1v) is 10.4. The van der Waals surface area contributed by atoms with E-state index < -0.39 is 0 Å². The molecule has 0 fully saturated rings. The highest BCUT2D eigenvalue weighted by molar-refractivity contribution is 5.76. The Hall–Kier alpha value is -2.96. The largest absolute Gasteiger partial charge is 0.353 e. The van der Waals surface area contributed by atoms with Crippen LogP contribution in [0.4, 0.5) is 0 Å². The summed E-state index contributed by atoms with van der Waals surface area (Å²) >= 11 is 0. The van der Waals surface area contributed by atoms with Crippen LogP contribution in [0.1, 0.15) is 42.2 Å². The lowest BCUT2D eigenvalue weighted by atomic mass is 10.1. The molecular weight excluding hydrogens is 364 g/mol. The van der Waals surface area contributed by atoms with Crippen molar-refractivity contribution in [2.45, 2.75) is 64.6 Å². The normalized spacial score (nSPS) is 16.2. The van der Waals surface area contributed by atoms with Crippen molar-refractivity contribution in [3.63, 3.8) is 0 Å². The van der Waals surface area contributed by atoms with Crippen molar-refractivity contribution >= 4 is 5.91 Å². The van der Waals surface area contributed by atoms with Crippen molar-refractivity contribution < 1.29 is 4.79 Å². The van der Waals surface area contributed by atoms with Crippen LogP contribution >= 0.6 is 0 Å². The average molecular weight is 393 g/mol. The summed E-state index contributed by atoms with van der Waals surface area (Å²) < 4.78 is 4.07. The summed E-state index contributed by atoms with van der Waals surface area (Å²) in [5, 5.41) is 16.4. The van der Waals surface area contributed by atoms with E-state index in [9.17, 15) is 4.79 Å². The molecule has 1 unspecified atom stereocenters. The van der Waals surface area contributed by atoms with E-state index in [1.54, 1.807) is 0 Å². The number of rotatable bonds is 7. The maximum Gasteiger partial charge on any atom is 0.222 e. The van der Waals surface area contributed by atoms with Crippen molar-refractivity contribution in [2.24, 2.45) is 0 Å². The van der Waals surface area contributed by atoms with Crippen LogP contribution in [0, 0.1) is 6.92 Å². The molecule has 0 spiro atoms. The molecule has 7 heteroatoms. The van der Waals surface area contributed by atoms with E-state index in [0.29, 0.717) is 13.0 Å². The lowest BCUT2D eigenvalue weighted by molar-refractivity contribution is -0.122. The zero-order valence-electron chi connectivity index (χ0n) is 16.9. The molecule has 1 amide bonds. The topological polar surface area (TPSA) is 77.6 Å². The summed E-state index contributed by atoms with van der Waals surface area (Å²) in [6, 6.07) is 12.6. The number of aromatic nitrogens is 5. The molecule has 7 nitrogen and oxygen atoms in total. The van der Waals surface area contributed by atoms with E-state index in [4.69, 9.17) is 0 Å². The second-order valence-electron chi connectivity index (χ2n) is 7.73. The van der Waals surface area contributed by atoms with Gasteiger partial charge in [-0.25, -0.2) is 0 Å². The summed E-state index contributed by atoms with van der Waals surface area (Å²) in [6.07, 6.45) is 6.88. The highest BCUT2D eigenvalue weighted by Gasteiger charge is 2.21. The van der Waals surface area contributed by atoms with Crippen molar-refractivity contribution in [1.82, 2.24) is 29.9 Å². The molecule has 1 aliphatic heterocycles. The average Bonchev–Trinajstić information content (AvgIpc) is 3.27. The molecule has 1 aliphatic rings. The standard InChI is InChI=1S/C22H28N6O/c1-17-11-14-27(26-17)15-13-22(29)23-19-8-10-21-25-24-20(28(21)16-12-19)9-7-18-5-3-2-4-6-18/h2-6,11,14,19H,7-10,12-13,15-16H2,1H3,(H,23,29). The summed E-state index contributed by atoms with van der Waals surface area (Å²) in [5.74, 6) is 2.17. The number of nitrogens with zero attached hydrogens (tertiary/aromatic N) is 5. The van der Waals surface area contributed by atoms with Gasteiger partial charge in [-0.2, -0.15) is 5.10 Å². The maximum absolute atomic E-state index is 12.4. The number of nitrogens with one attached hydrogen (secondary N) is 1. The van der Waals surface area contributed by atoms with Gasteiger partial charge in [0.2, 0.25) is 5.91 Å². The van der Waals surface area contributed by atoms with E-state index in [1.165, 1.54) is 5.56 Å². The first-order valence-electron chi connectivity index (χ1n) is 10.4. The lowest BCUT2D eigenvalue weighted by Crippen LogP contribution is -2.35. The van der Waals surface area contributed by atoms with E-state index in [-0.39, 0.29) is 11.9 Å². The molecule has 0 saturated heterocycles. The smallest absolute Gasteiger partial charge is 0.222 e. The SMILES string of the molecule is Cc1ccn(CCC(=O)NC2CCc3nnc(CCc4ccccc4)n3CC2)n1. The zero-order valence-corrected chi connectivity index (χ0v) is 16.9. The molecule has 4 rings (SSSR count). The minimum Gasteiger partial charge on any atom is -0.353 e. The Kier molecular flexibility index (Phi) is 6.03. The minimum absolute atomic E-state index is 0.0881. The van der Waals surface area contributed by atoms with Gasteiger partial charge in [0.25, 0.3) is 0 Å².